The molecule has 3 aromatic rings. The highest BCUT2D eigenvalue weighted by Crippen LogP contribution is 2.37. The van der Waals surface area contributed by atoms with E-state index in [1.807, 2.05) is 0 Å². The number of nitrogens with zero attached hydrogens (tertiary/aromatic N) is 1. The van der Waals surface area contributed by atoms with Crippen molar-refractivity contribution in [3.8, 4) is 11.5 Å². The van der Waals surface area contributed by atoms with Gasteiger partial charge in [0.25, 0.3) is 0 Å². The number of hydrogen-bond donors (Lipinski definition) is 1. The minimum atomic E-state index is -3.40. The number of carbonyl (C=O) groups excluding carboxylic acids is 2. The van der Waals surface area contributed by atoms with Gasteiger partial charge in [0.1, 0.15) is 16.1 Å². The predicted octanol–water partition coefficient (Wildman–Crippen LogP) is 4.75. The Labute approximate surface area is 267 Å². The predicted molar refractivity (Wildman–Crippen MR) is 158 cm³/mol. The van der Waals surface area contributed by atoms with E-state index in [1.54, 1.807) is 0 Å². The van der Waals surface area contributed by atoms with Crippen LogP contribution in [0.2, 0.25) is 10.0 Å². The van der Waals surface area contributed by atoms with Crippen LogP contribution in [0.5, 0.6) is 11.5 Å². The van der Waals surface area contributed by atoms with Gasteiger partial charge in [-0.3, -0.25) is 0 Å². The van der Waals surface area contributed by atoms with E-state index in [9.17, 15) is 32.0 Å². The molecule has 0 aliphatic heterocycles. The summed E-state index contributed by atoms with van der Waals surface area (Å²) in [5.41, 5.74) is 1.25. The van der Waals surface area contributed by atoms with Crippen LogP contribution in [0.4, 0.5) is 8.78 Å². The van der Waals surface area contributed by atoms with Crippen LogP contribution in [0.3, 0.4) is 0 Å². The molecule has 45 heavy (non-hydrogen) atoms. The van der Waals surface area contributed by atoms with Crippen molar-refractivity contribution in [1.82, 2.24) is 4.72 Å². The Morgan fingerprint density at radius 2 is 1.73 bits per heavy atom. The van der Waals surface area contributed by atoms with Crippen molar-refractivity contribution in [2.45, 2.75) is 38.5 Å². The molecule has 1 aliphatic rings. The van der Waals surface area contributed by atoms with Crippen LogP contribution in [-0.4, -0.2) is 46.4 Å². The van der Waals surface area contributed by atoms with Crippen LogP contribution in [0.15, 0.2) is 54.9 Å². The van der Waals surface area contributed by atoms with E-state index in [4.69, 9.17) is 37.4 Å². The second-order valence-electron chi connectivity index (χ2n) is 10.2. The maximum Gasteiger partial charge on any atom is 0.387 e. The molecule has 0 saturated heterocycles. The van der Waals surface area contributed by atoms with Gasteiger partial charge in [0, 0.05) is 18.5 Å². The Balaban J connectivity index is 1.50. The molecule has 2 aromatic carbocycles. The molecule has 242 valence electrons. The highest BCUT2D eigenvalue weighted by Gasteiger charge is 2.27. The van der Waals surface area contributed by atoms with Crippen LogP contribution in [0.25, 0.3) is 0 Å². The summed E-state index contributed by atoms with van der Waals surface area (Å²) in [7, 11) is -3.40. The summed E-state index contributed by atoms with van der Waals surface area (Å²) in [6, 6.07) is 9.89. The van der Waals surface area contributed by atoms with E-state index in [0.717, 1.165) is 31.5 Å². The maximum atomic E-state index is 13.1. The molecular weight excluding hydrogens is 661 g/mol. The molecule has 1 saturated carbocycles. The molecule has 0 radical (unpaired) electrons. The number of hydrogen-bond acceptors (Lipinski definition) is 9. The van der Waals surface area contributed by atoms with Crippen molar-refractivity contribution in [2.75, 3.05) is 19.5 Å². The Hall–Kier alpha value is -3.72. The minimum Gasteiger partial charge on any atom is -0.619 e. The van der Waals surface area contributed by atoms with Gasteiger partial charge in [0.2, 0.25) is 10.0 Å². The molecule has 1 aliphatic carbocycles. The quantitative estimate of drug-likeness (QED) is 0.136. The standard InChI is InChI=1S/C29H28Cl2F2N2O9S/c1-45(39,40)34-12-17-4-6-19(7-5-17)28(37)42-16-27(36)43-25(11-21-22(30)13-35(38)14-23(21)31)20-8-9-24(44-29(32)33)26(10-20)41-15-18-2-3-18/h4-10,13-14,18,25,29,34H,2-3,11-12,15-16H2,1H3. The van der Waals surface area contributed by atoms with E-state index >= 15 is 0 Å². The van der Waals surface area contributed by atoms with Crippen molar-refractivity contribution >= 4 is 45.2 Å². The van der Waals surface area contributed by atoms with E-state index in [0.29, 0.717) is 15.9 Å². The number of rotatable bonds is 15. The third-order valence-corrected chi connectivity index (χ3v) is 7.82. The second-order valence-corrected chi connectivity index (χ2v) is 12.8. The Morgan fingerprint density at radius 1 is 1.07 bits per heavy atom. The highest BCUT2D eigenvalue weighted by atomic mass is 35.5. The average molecular weight is 690 g/mol. The molecule has 0 amide bonds. The summed E-state index contributed by atoms with van der Waals surface area (Å²) in [5.74, 6) is -1.72. The SMILES string of the molecule is CS(=O)(=O)NCc1ccc(C(=O)OCC(=O)OC(Cc2c(Cl)c[n+]([O-])cc2Cl)c2ccc(OC(F)F)c(OCC3CC3)c2)cc1. The van der Waals surface area contributed by atoms with Gasteiger partial charge in [-0.2, -0.15) is 13.5 Å². The van der Waals surface area contributed by atoms with Gasteiger partial charge in [-0.15, -0.1) is 0 Å². The van der Waals surface area contributed by atoms with Gasteiger partial charge >= 0.3 is 18.6 Å². The van der Waals surface area contributed by atoms with Crippen molar-refractivity contribution in [1.29, 1.82) is 0 Å². The normalized spacial score (nSPS) is 13.7. The van der Waals surface area contributed by atoms with E-state index in [1.165, 1.54) is 42.5 Å². The van der Waals surface area contributed by atoms with Gasteiger partial charge in [-0.05, 0) is 54.2 Å². The van der Waals surface area contributed by atoms with Crippen LogP contribution in [-0.2, 0) is 37.3 Å². The average Bonchev–Trinajstić information content (AvgIpc) is 3.80. The number of nitrogens with one attached hydrogen (secondary N) is 1. The first-order valence-corrected chi connectivity index (χ1v) is 16.1. The van der Waals surface area contributed by atoms with Crippen molar-refractivity contribution in [3.63, 3.8) is 0 Å². The Bertz CT molecular complexity index is 1620. The lowest BCUT2D eigenvalue weighted by atomic mass is 10.0. The molecule has 0 spiro atoms. The zero-order valence-electron chi connectivity index (χ0n) is 23.7. The molecule has 1 unspecified atom stereocenters. The third-order valence-electron chi connectivity index (χ3n) is 6.50. The number of ether oxygens (including phenoxy) is 4. The fourth-order valence-corrected chi connectivity index (χ4v) is 5.06. The van der Waals surface area contributed by atoms with Crippen LogP contribution >= 0.6 is 23.2 Å². The van der Waals surface area contributed by atoms with Crippen molar-refractivity contribution < 1.29 is 50.5 Å². The number of halogens is 4. The molecule has 1 heterocycles. The number of esters is 2. The summed E-state index contributed by atoms with van der Waals surface area (Å²) in [6.07, 6.45) is 3.76. The molecular formula is C29H28Cl2F2N2O9S. The van der Waals surface area contributed by atoms with E-state index < -0.39 is 41.3 Å². The van der Waals surface area contributed by atoms with Crippen molar-refractivity contribution in [3.05, 3.63) is 92.4 Å². The molecule has 0 bridgehead atoms. The first kappa shape index (κ1) is 34.2. The van der Waals surface area contributed by atoms with Gasteiger partial charge < -0.3 is 24.2 Å². The summed E-state index contributed by atoms with van der Waals surface area (Å²) in [6.45, 7) is -3.60. The molecule has 1 fully saturated rings. The molecule has 11 nitrogen and oxygen atoms in total. The van der Waals surface area contributed by atoms with Crippen molar-refractivity contribution in [2.24, 2.45) is 5.92 Å². The van der Waals surface area contributed by atoms with Gasteiger partial charge in [0.05, 0.1) is 18.4 Å². The number of alkyl halides is 2. The second kappa shape index (κ2) is 15.0. The topological polar surface area (TPSA) is 144 Å². The van der Waals surface area contributed by atoms with Gasteiger partial charge in [-0.1, -0.05) is 41.4 Å². The van der Waals surface area contributed by atoms with E-state index in [2.05, 4.69) is 9.46 Å². The Morgan fingerprint density at radius 3 is 2.33 bits per heavy atom. The number of sulfonamides is 1. The van der Waals surface area contributed by atoms with Crippen LogP contribution in [0.1, 0.15) is 46.0 Å². The first-order valence-electron chi connectivity index (χ1n) is 13.5. The lowest BCUT2D eigenvalue weighted by Crippen LogP contribution is -2.26. The Kier molecular flexibility index (Phi) is 11.4. The zero-order valence-corrected chi connectivity index (χ0v) is 26.0. The fraction of sp³-hybridized carbons (Fsp3) is 0.345. The summed E-state index contributed by atoms with van der Waals surface area (Å²) >= 11 is 12.5. The monoisotopic (exact) mass is 688 g/mol. The minimum absolute atomic E-state index is 0.00464. The molecule has 1 N–H and O–H groups in total. The molecule has 16 heteroatoms. The molecule has 1 atom stereocenters. The first-order chi connectivity index (χ1) is 21.3. The lowest BCUT2D eigenvalue weighted by molar-refractivity contribution is -0.605. The smallest absolute Gasteiger partial charge is 0.387 e. The third kappa shape index (κ3) is 10.7. The number of pyridine rings is 1. The fourth-order valence-electron chi connectivity index (χ4n) is 4.04. The zero-order chi connectivity index (χ0) is 32.7. The van der Waals surface area contributed by atoms with E-state index in [-0.39, 0.29) is 58.2 Å². The van der Waals surface area contributed by atoms with Crippen LogP contribution < -0.4 is 18.9 Å². The number of benzene rings is 2. The summed E-state index contributed by atoms with van der Waals surface area (Å²) in [4.78, 5) is 25.4. The molecule has 1 aromatic heterocycles. The molecule has 4 rings (SSSR count). The summed E-state index contributed by atoms with van der Waals surface area (Å²) in [5, 5.41) is 11.7. The summed E-state index contributed by atoms with van der Waals surface area (Å²) < 4.78 is 72.5. The van der Waals surface area contributed by atoms with Gasteiger partial charge in [0.15, 0.2) is 30.5 Å². The maximum absolute atomic E-state index is 13.1. The largest absolute Gasteiger partial charge is 0.619 e. The van der Waals surface area contributed by atoms with Gasteiger partial charge in [-0.25, -0.2) is 22.7 Å². The number of aromatic nitrogens is 1. The number of carbonyl (C=O) groups is 2. The highest BCUT2D eigenvalue weighted by molar-refractivity contribution is 7.88. The van der Waals surface area contributed by atoms with Crippen LogP contribution in [0, 0.1) is 11.1 Å². The lowest BCUT2D eigenvalue weighted by Gasteiger charge is -2.21.